The number of carbonyl (C=O) groups excluding carboxylic acids is 1. The summed E-state index contributed by atoms with van der Waals surface area (Å²) in [6.45, 7) is 7.11. The van der Waals surface area contributed by atoms with Gasteiger partial charge in [0.2, 0.25) is 5.91 Å². The van der Waals surface area contributed by atoms with E-state index in [1.807, 2.05) is 6.07 Å². The van der Waals surface area contributed by atoms with E-state index in [0.29, 0.717) is 25.2 Å². The summed E-state index contributed by atoms with van der Waals surface area (Å²) in [5.41, 5.74) is 3.03. The summed E-state index contributed by atoms with van der Waals surface area (Å²) in [6.07, 6.45) is -0.698. The smallest absolute Gasteiger partial charge is 0.416 e. The van der Waals surface area contributed by atoms with Gasteiger partial charge in [-0.3, -0.25) is 9.69 Å². The zero-order chi connectivity index (χ0) is 27.4. The topological polar surface area (TPSA) is 50.8 Å². The predicted molar refractivity (Wildman–Crippen MR) is 142 cm³/mol. The lowest BCUT2D eigenvalue weighted by molar-refractivity contribution is -0.137. The first kappa shape index (κ1) is 28.7. The molecule has 1 amide bonds. The highest BCUT2D eigenvalue weighted by Crippen LogP contribution is 2.39. The highest BCUT2D eigenvalue weighted by atomic mass is 35.5. The maximum Gasteiger partial charge on any atom is 0.416 e. The zero-order valence-electron chi connectivity index (χ0n) is 22.2. The minimum atomic E-state index is -4.48. The van der Waals surface area contributed by atoms with Gasteiger partial charge in [0.25, 0.3) is 0 Å². The number of nitrogens with one attached hydrogen (secondary N) is 1. The predicted octanol–water partition coefficient (Wildman–Crippen LogP) is 6.10. The summed E-state index contributed by atoms with van der Waals surface area (Å²) in [4.78, 5) is 15.3. The third-order valence-electron chi connectivity index (χ3n) is 8.00. The minimum absolute atomic E-state index is 0.00191. The van der Waals surface area contributed by atoms with Crippen LogP contribution in [0.25, 0.3) is 0 Å². The number of amides is 1. The second-order valence-corrected chi connectivity index (χ2v) is 10.9. The Balaban J connectivity index is 1.37. The largest absolute Gasteiger partial charge is 0.491 e. The van der Waals surface area contributed by atoms with E-state index in [1.165, 1.54) is 17.2 Å². The molecule has 3 unspecified atom stereocenters. The van der Waals surface area contributed by atoms with Crippen molar-refractivity contribution in [2.75, 3.05) is 26.9 Å². The molecule has 1 N–H and O–H groups in total. The number of alkyl halides is 3. The van der Waals surface area contributed by atoms with Gasteiger partial charge in [0.15, 0.2) is 0 Å². The summed E-state index contributed by atoms with van der Waals surface area (Å²) in [5.74, 6) is 1.07. The van der Waals surface area contributed by atoms with Gasteiger partial charge < -0.3 is 14.8 Å². The molecule has 2 aliphatic rings. The molecular weight excluding hydrogens is 517 g/mol. The standard InChI is InChI=1S/C29H36ClF3N2O3/c1-18-19(2)27(38-12-11-37-3)9-6-21(18)17-35-10-4-5-20-14-24(16-26(20)35)34-28(36)15-22-13-23(29(31,32)33)7-8-25(22)30/h6-9,13,20,24,26H,4-5,10-12,14-17H2,1-3H3,(H,34,36). The molecular formula is C29H36ClF3N2O3. The number of hydrogen-bond donors (Lipinski definition) is 1. The molecule has 9 heteroatoms. The lowest BCUT2D eigenvalue weighted by Gasteiger charge is -2.38. The Labute approximate surface area is 227 Å². The van der Waals surface area contributed by atoms with Crippen molar-refractivity contribution in [3.05, 3.63) is 63.2 Å². The van der Waals surface area contributed by atoms with E-state index in [4.69, 9.17) is 21.1 Å². The van der Waals surface area contributed by atoms with Crippen LogP contribution < -0.4 is 10.1 Å². The van der Waals surface area contributed by atoms with Crippen LogP contribution in [0.1, 0.15) is 53.5 Å². The van der Waals surface area contributed by atoms with Crippen LogP contribution in [-0.4, -0.2) is 49.8 Å². The number of likely N-dealkylation sites (tertiary alicyclic amines) is 1. The van der Waals surface area contributed by atoms with Gasteiger partial charge in [-0.2, -0.15) is 13.2 Å². The molecule has 0 bridgehead atoms. The average Bonchev–Trinajstić information content (AvgIpc) is 3.27. The van der Waals surface area contributed by atoms with E-state index in [2.05, 4.69) is 30.1 Å². The SMILES string of the molecule is COCCOc1ccc(CN2CCCC3CC(NC(=O)Cc4cc(C(F)(F)F)ccc4Cl)CC32)c(C)c1C. The highest BCUT2D eigenvalue weighted by Gasteiger charge is 2.40. The molecule has 5 nitrogen and oxygen atoms in total. The monoisotopic (exact) mass is 552 g/mol. The Morgan fingerprint density at radius 3 is 2.63 bits per heavy atom. The Kier molecular flexibility index (Phi) is 9.27. The van der Waals surface area contributed by atoms with E-state index in [1.54, 1.807) is 7.11 Å². The first-order valence-corrected chi connectivity index (χ1v) is 13.5. The molecule has 2 aromatic carbocycles. The van der Waals surface area contributed by atoms with Crippen LogP contribution in [0.5, 0.6) is 5.75 Å². The lowest BCUT2D eigenvalue weighted by atomic mass is 9.91. The number of methoxy groups -OCH3 is 1. The normalized spacial score (nSPS) is 21.8. The molecule has 1 saturated carbocycles. The molecule has 3 atom stereocenters. The number of benzene rings is 2. The Bertz CT molecular complexity index is 1140. The van der Waals surface area contributed by atoms with Crippen molar-refractivity contribution in [1.29, 1.82) is 0 Å². The van der Waals surface area contributed by atoms with E-state index < -0.39 is 11.7 Å². The molecule has 208 valence electrons. The van der Waals surface area contributed by atoms with Gasteiger partial charge >= 0.3 is 6.18 Å². The first-order chi connectivity index (χ1) is 18.1. The molecule has 1 heterocycles. The Hall–Kier alpha value is -2.29. The van der Waals surface area contributed by atoms with Crippen molar-refractivity contribution in [2.24, 2.45) is 5.92 Å². The number of nitrogens with zero attached hydrogens (tertiary/aromatic N) is 1. The zero-order valence-corrected chi connectivity index (χ0v) is 22.9. The van der Waals surface area contributed by atoms with Crippen LogP contribution in [0.2, 0.25) is 5.02 Å². The fourth-order valence-corrected chi connectivity index (χ4v) is 6.05. The second-order valence-electron chi connectivity index (χ2n) is 10.5. The number of hydrogen-bond acceptors (Lipinski definition) is 4. The summed E-state index contributed by atoms with van der Waals surface area (Å²) in [6, 6.07) is 7.65. The quantitative estimate of drug-likeness (QED) is 0.382. The van der Waals surface area contributed by atoms with Gasteiger partial charge in [0.05, 0.1) is 18.6 Å². The minimum Gasteiger partial charge on any atom is -0.491 e. The van der Waals surface area contributed by atoms with E-state index in [0.717, 1.165) is 62.2 Å². The summed E-state index contributed by atoms with van der Waals surface area (Å²) < 4.78 is 50.2. The molecule has 38 heavy (non-hydrogen) atoms. The van der Waals surface area contributed by atoms with Crippen molar-refractivity contribution in [3.63, 3.8) is 0 Å². The fraction of sp³-hybridized carbons (Fsp3) is 0.552. The number of ether oxygens (including phenoxy) is 2. The van der Waals surface area contributed by atoms with Gasteiger partial charge in [-0.25, -0.2) is 0 Å². The molecule has 1 saturated heterocycles. The van der Waals surface area contributed by atoms with Crippen molar-refractivity contribution in [3.8, 4) is 5.75 Å². The van der Waals surface area contributed by atoms with E-state index >= 15 is 0 Å². The number of rotatable bonds is 9. The van der Waals surface area contributed by atoms with Crippen molar-refractivity contribution < 1.29 is 27.4 Å². The number of halogens is 4. The lowest BCUT2D eigenvalue weighted by Crippen LogP contribution is -2.42. The molecule has 0 radical (unpaired) electrons. The molecule has 0 spiro atoms. The number of piperidine rings is 1. The summed E-state index contributed by atoms with van der Waals surface area (Å²) in [5, 5.41) is 3.24. The molecule has 4 rings (SSSR count). The van der Waals surface area contributed by atoms with Crippen LogP contribution in [-0.2, 0) is 28.7 Å². The van der Waals surface area contributed by atoms with Gasteiger partial charge in [-0.05, 0) is 98.5 Å². The Morgan fingerprint density at radius 1 is 1.11 bits per heavy atom. The first-order valence-electron chi connectivity index (χ1n) is 13.2. The van der Waals surface area contributed by atoms with Crippen LogP contribution in [0.4, 0.5) is 13.2 Å². The maximum absolute atomic E-state index is 13.1. The van der Waals surface area contributed by atoms with Gasteiger partial charge in [-0.15, -0.1) is 0 Å². The Morgan fingerprint density at radius 2 is 1.89 bits per heavy atom. The molecule has 2 aromatic rings. The van der Waals surface area contributed by atoms with E-state index in [9.17, 15) is 18.0 Å². The maximum atomic E-state index is 13.1. The van der Waals surface area contributed by atoms with Crippen molar-refractivity contribution in [2.45, 2.75) is 70.8 Å². The molecule has 2 fully saturated rings. The van der Waals surface area contributed by atoms with Crippen molar-refractivity contribution in [1.82, 2.24) is 10.2 Å². The average molecular weight is 553 g/mol. The van der Waals surface area contributed by atoms with Gasteiger partial charge in [0.1, 0.15) is 12.4 Å². The van der Waals surface area contributed by atoms with Crippen LogP contribution in [0, 0.1) is 19.8 Å². The second kappa shape index (κ2) is 12.3. The molecule has 1 aliphatic heterocycles. The van der Waals surface area contributed by atoms with Crippen LogP contribution in [0.3, 0.4) is 0 Å². The third kappa shape index (κ3) is 6.82. The van der Waals surface area contributed by atoms with Crippen LogP contribution >= 0.6 is 11.6 Å². The number of fused-ring (bicyclic) bond motifs is 1. The van der Waals surface area contributed by atoms with Crippen LogP contribution in [0.15, 0.2) is 30.3 Å². The number of carbonyl (C=O) groups is 1. The fourth-order valence-electron chi connectivity index (χ4n) is 5.87. The van der Waals surface area contributed by atoms with Gasteiger partial charge in [-0.1, -0.05) is 17.7 Å². The summed E-state index contributed by atoms with van der Waals surface area (Å²) >= 11 is 6.10. The third-order valence-corrected chi connectivity index (χ3v) is 8.37. The highest BCUT2D eigenvalue weighted by molar-refractivity contribution is 6.31. The van der Waals surface area contributed by atoms with Crippen molar-refractivity contribution >= 4 is 17.5 Å². The van der Waals surface area contributed by atoms with E-state index in [-0.39, 0.29) is 29.0 Å². The molecule has 1 aliphatic carbocycles. The van der Waals surface area contributed by atoms with Gasteiger partial charge in [0, 0.05) is 30.8 Å². The summed E-state index contributed by atoms with van der Waals surface area (Å²) in [7, 11) is 1.65. The molecule has 0 aromatic heterocycles.